The van der Waals surface area contributed by atoms with Crippen molar-refractivity contribution in [3.8, 4) is 11.4 Å². The molecule has 3 rings (SSSR count). The third-order valence-electron chi connectivity index (χ3n) is 3.39. The number of hydrogen-bond acceptors (Lipinski definition) is 5. The molecule has 0 saturated heterocycles. The summed E-state index contributed by atoms with van der Waals surface area (Å²) in [5.41, 5.74) is 2.25. The van der Waals surface area contributed by atoms with Crippen LogP contribution in [0.15, 0.2) is 53.1 Å². The average molecular weight is 343 g/mol. The smallest absolute Gasteiger partial charge is 0.316 e. The van der Waals surface area contributed by atoms with Crippen LogP contribution in [-0.2, 0) is 0 Å². The number of nitrogens with zero attached hydrogens (tertiary/aromatic N) is 4. The summed E-state index contributed by atoms with van der Waals surface area (Å²) in [6.07, 6.45) is 1.25. The van der Waals surface area contributed by atoms with Gasteiger partial charge in [-0.05, 0) is 36.4 Å². The van der Waals surface area contributed by atoms with E-state index in [0.29, 0.717) is 21.3 Å². The molecule has 0 aliphatic heterocycles. The SMILES string of the molecule is CN(C)c1ccc(/[N+]([O-])=C/c2nc(-c3ccc(Cl)cc3)no2)cc1. The number of halogens is 1. The molecule has 1 aromatic heterocycles. The first-order chi connectivity index (χ1) is 11.5. The van der Waals surface area contributed by atoms with Crippen LogP contribution in [0.5, 0.6) is 0 Å². The van der Waals surface area contributed by atoms with E-state index < -0.39 is 0 Å². The first-order valence-electron chi connectivity index (χ1n) is 7.21. The van der Waals surface area contributed by atoms with Gasteiger partial charge in [-0.1, -0.05) is 16.8 Å². The average Bonchev–Trinajstić information content (AvgIpc) is 3.04. The molecule has 0 aliphatic rings. The third kappa shape index (κ3) is 3.55. The summed E-state index contributed by atoms with van der Waals surface area (Å²) in [4.78, 5) is 6.15. The summed E-state index contributed by atoms with van der Waals surface area (Å²) < 4.78 is 5.80. The second-order valence-electron chi connectivity index (χ2n) is 5.33. The largest absolute Gasteiger partial charge is 0.618 e. The first kappa shape index (κ1) is 16.0. The maximum atomic E-state index is 12.2. The fourth-order valence-electron chi connectivity index (χ4n) is 2.08. The molecule has 0 N–H and O–H groups in total. The van der Waals surface area contributed by atoms with Gasteiger partial charge in [-0.3, -0.25) is 0 Å². The molecule has 0 amide bonds. The molecule has 7 heteroatoms. The fourth-order valence-corrected chi connectivity index (χ4v) is 2.20. The lowest BCUT2D eigenvalue weighted by Gasteiger charge is -2.11. The van der Waals surface area contributed by atoms with Crippen LogP contribution in [0.2, 0.25) is 5.02 Å². The molecular weight excluding hydrogens is 328 g/mol. The summed E-state index contributed by atoms with van der Waals surface area (Å²) in [6.45, 7) is 0. The van der Waals surface area contributed by atoms with Crippen molar-refractivity contribution in [2.75, 3.05) is 19.0 Å². The van der Waals surface area contributed by atoms with Crippen molar-refractivity contribution in [2.24, 2.45) is 0 Å². The van der Waals surface area contributed by atoms with Crippen molar-refractivity contribution in [1.29, 1.82) is 0 Å². The molecule has 0 radical (unpaired) electrons. The monoisotopic (exact) mass is 342 g/mol. The fraction of sp³-hybridized carbons (Fsp3) is 0.118. The normalized spacial score (nSPS) is 11.5. The molecule has 0 atom stereocenters. The second kappa shape index (κ2) is 6.72. The Morgan fingerprint density at radius 2 is 1.75 bits per heavy atom. The Morgan fingerprint density at radius 3 is 2.38 bits per heavy atom. The molecule has 122 valence electrons. The number of aromatic nitrogens is 2. The van der Waals surface area contributed by atoms with E-state index in [4.69, 9.17) is 16.1 Å². The molecule has 24 heavy (non-hydrogen) atoms. The minimum atomic E-state index is 0.131. The van der Waals surface area contributed by atoms with E-state index in [2.05, 4.69) is 10.1 Å². The number of hydrogen-bond donors (Lipinski definition) is 0. The summed E-state index contributed by atoms with van der Waals surface area (Å²) in [5, 5.41) is 16.7. The molecule has 0 aliphatic carbocycles. The van der Waals surface area contributed by atoms with Crippen LogP contribution in [0.25, 0.3) is 11.4 Å². The Hall–Kier alpha value is -2.86. The summed E-state index contributed by atoms with van der Waals surface area (Å²) in [6, 6.07) is 14.2. The van der Waals surface area contributed by atoms with Crippen LogP contribution in [0.3, 0.4) is 0 Å². The predicted molar refractivity (Wildman–Crippen MR) is 94.0 cm³/mol. The quantitative estimate of drug-likeness (QED) is 0.313. The van der Waals surface area contributed by atoms with Gasteiger partial charge in [-0.15, -0.1) is 0 Å². The van der Waals surface area contributed by atoms with Crippen LogP contribution in [0.1, 0.15) is 5.89 Å². The van der Waals surface area contributed by atoms with Gasteiger partial charge in [-0.25, -0.2) is 0 Å². The van der Waals surface area contributed by atoms with Gasteiger partial charge in [0.25, 0.3) is 0 Å². The highest BCUT2D eigenvalue weighted by molar-refractivity contribution is 6.30. The predicted octanol–water partition coefficient (Wildman–Crippen LogP) is 3.72. The van der Waals surface area contributed by atoms with Gasteiger partial charge in [-0.2, -0.15) is 9.72 Å². The zero-order valence-electron chi connectivity index (χ0n) is 13.2. The van der Waals surface area contributed by atoms with Crippen molar-refractivity contribution < 1.29 is 9.26 Å². The van der Waals surface area contributed by atoms with E-state index in [1.807, 2.05) is 31.1 Å². The minimum absolute atomic E-state index is 0.131. The lowest BCUT2D eigenvalue weighted by Crippen LogP contribution is -2.08. The van der Waals surface area contributed by atoms with Crippen molar-refractivity contribution in [3.05, 3.63) is 64.7 Å². The van der Waals surface area contributed by atoms with Crippen molar-refractivity contribution in [2.45, 2.75) is 0 Å². The Morgan fingerprint density at radius 1 is 1.08 bits per heavy atom. The Kier molecular flexibility index (Phi) is 4.48. The van der Waals surface area contributed by atoms with Crippen molar-refractivity contribution in [1.82, 2.24) is 10.1 Å². The standard InChI is InChI=1S/C17H15ClN4O2/c1-21(2)14-7-9-15(10-8-14)22(23)11-16-19-17(20-24-16)12-3-5-13(18)6-4-12/h3-11H,1-2H3/b22-11-. The molecule has 6 nitrogen and oxygen atoms in total. The van der Waals surface area contributed by atoms with Crippen LogP contribution >= 0.6 is 11.6 Å². The molecule has 0 spiro atoms. The molecule has 2 aromatic carbocycles. The van der Waals surface area contributed by atoms with Gasteiger partial charge >= 0.3 is 5.89 Å². The molecule has 1 heterocycles. The van der Waals surface area contributed by atoms with Crippen LogP contribution < -0.4 is 4.90 Å². The van der Waals surface area contributed by atoms with E-state index in [-0.39, 0.29) is 5.89 Å². The van der Waals surface area contributed by atoms with Gasteiger partial charge in [0.15, 0.2) is 0 Å². The lowest BCUT2D eigenvalue weighted by atomic mass is 10.2. The Labute approximate surface area is 144 Å². The minimum Gasteiger partial charge on any atom is -0.618 e. The van der Waals surface area contributed by atoms with E-state index in [1.165, 1.54) is 6.21 Å². The van der Waals surface area contributed by atoms with Gasteiger partial charge < -0.3 is 14.6 Å². The molecule has 0 unspecified atom stereocenters. The van der Waals surface area contributed by atoms with Gasteiger partial charge in [0.2, 0.25) is 17.7 Å². The zero-order chi connectivity index (χ0) is 17.1. The molecule has 0 bridgehead atoms. The van der Waals surface area contributed by atoms with Crippen LogP contribution in [-0.4, -0.2) is 35.2 Å². The highest BCUT2D eigenvalue weighted by Gasteiger charge is 2.11. The van der Waals surface area contributed by atoms with Crippen molar-refractivity contribution >= 4 is 29.2 Å². The Balaban J connectivity index is 1.82. The molecule has 3 aromatic rings. The maximum Gasteiger partial charge on any atom is 0.316 e. The van der Waals surface area contributed by atoms with Crippen molar-refractivity contribution in [3.63, 3.8) is 0 Å². The summed E-state index contributed by atoms with van der Waals surface area (Å²) in [7, 11) is 3.87. The highest BCUT2D eigenvalue weighted by atomic mass is 35.5. The number of anilines is 1. The molecule has 0 saturated carbocycles. The zero-order valence-corrected chi connectivity index (χ0v) is 13.9. The third-order valence-corrected chi connectivity index (χ3v) is 3.64. The molecule has 0 fully saturated rings. The van der Waals surface area contributed by atoms with E-state index in [9.17, 15) is 5.21 Å². The van der Waals surface area contributed by atoms with E-state index in [1.54, 1.807) is 36.4 Å². The van der Waals surface area contributed by atoms with Gasteiger partial charge in [0.05, 0.1) is 0 Å². The molecular formula is C17H15ClN4O2. The topological polar surface area (TPSA) is 68.2 Å². The summed E-state index contributed by atoms with van der Waals surface area (Å²) in [5.74, 6) is 0.529. The highest BCUT2D eigenvalue weighted by Crippen LogP contribution is 2.19. The van der Waals surface area contributed by atoms with E-state index in [0.717, 1.165) is 11.3 Å². The lowest BCUT2D eigenvalue weighted by molar-refractivity contribution is -0.355. The van der Waals surface area contributed by atoms with Crippen LogP contribution in [0.4, 0.5) is 11.4 Å². The second-order valence-corrected chi connectivity index (χ2v) is 5.77. The van der Waals surface area contributed by atoms with Gasteiger partial charge in [0.1, 0.15) is 0 Å². The van der Waals surface area contributed by atoms with Crippen LogP contribution in [0, 0.1) is 5.21 Å². The summed E-state index contributed by atoms with van der Waals surface area (Å²) >= 11 is 5.85. The maximum absolute atomic E-state index is 12.2. The Bertz CT molecular complexity index is 855. The number of benzene rings is 2. The number of rotatable bonds is 4. The first-order valence-corrected chi connectivity index (χ1v) is 7.59. The van der Waals surface area contributed by atoms with Gasteiger partial charge in [0, 0.05) is 42.5 Å². The van der Waals surface area contributed by atoms with E-state index >= 15 is 0 Å².